The average molecular weight is 264 g/mol. The number of alkyl halides is 3. The Morgan fingerprint density at radius 1 is 1.29 bits per heavy atom. The van der Waals surface area contributed by atoms with Crippen LogP contribution in [0.3, 0.4) is 0 Å². The molecule has 1 aromatic rings. The largest absolute Gasteiger partial charge is 0.389 e. The molecule has 0 amide bonds. The van der Waals surface area contributed by atoms with Crippen LogP contribution >= 0.6 is 11.3 Å². The van der Waals surface area contributed by atoms with E-state index in [2.05, 4.69) is 0 Å². The van der Waals surface area contributed by atoms with Crippen LogP contribution in [-0.4, -0.2) is 11.3 Å². The molecule has 0 bridgehead atoms. The fourth-order valence-electron chi connectivity index (χ4n) is 2.12. The number of fused-ring (bicyclic) bond motifs is 1. The summed E-state index contributed by atoms with van der Waals surface area (Å²) in [4.78, 5) is 1.94. The third kappa shape index (κ3) is 3.45. The average Bonchev–Trinajstić information content (AvgIpc) is 2.68. The molecule has 1 unspecified atom stereocenters. The maximum absolute atomic E-state index is 12.1. The van der Waals surface area contributed by atoms with Gasteiger partial charge in [-0.1, -0.05) is 0 Å². The zero-order chi connectivity index (χ0) is 12.5. The topological polar surface area (TPSA) is 20.2 Å². The Labute approximate surface area is 102 Å². The SMILES string of the molecule is OC(CCC(F)(F)F)c1cc2c(s1)CCCC2. The molecule has 1 heterocycles. The predicted molar refractivity (Wildman–Crippen MR) is 61.2 cm³/mol. The van der Waals surface area contributed by atoms with Crippen molar-refractivity contribution in [2.24, 2.45) is 0 Å². The number of hydrogen-bond donors (Lipinski definition) is 1. The van der Waals surface area contributed by atoms with E-state index in [0.717, 1.165) is 25.7 Å². The summed E-state index contributed by atoms with van der Waals surface area (Å²) in [5.74, 6) is 0. The van der Waals surface area contributed by atoms with Crippen molar-refractivity contribution in [2.75, 3.05) is 0 Å². The van der Waals surface area contributed by atoms with Crippen LogP contribution in [0.4, 0.5) is 13.2 Å². The summed E-state index contributed by atoms with van der Waals surface area (Å²) in [6.45, 7) is 0. The predicted octanol–water partition coefficient (Wildman–Crippen LogP) is 4.00. The summed E-state index contributed by atoms with van der Waals surface area (Å²) in [5, 5.41) is 9.74. The molecule has 5 heteroatoms. The van der Waals surface area contributed by atoms with Crippen molar-refractivity contribution in [1.29, 1.82) is 0 Å². The van der Waals surface area contributed by atoms with E-state index in [9.17, 15) is 18.3 Å². The fraction of sp³-hybridized carbons (Fsp3) is 0.667. The summed E-state index contributed by atoms with van der Waals surface area (Å²) < 4.78 is 36.2. The Bertz CT molecular complexity index is 360. The van der Waals surface area contributed by atoms with E-state index in [1.807, 2.05) is 6.07 Å². The van der Waals surface area contributed by atoms with Gasteiger partial charge >= 0.3 is 6.18 Å². The van der Waals surface area contributed by atoms with E-state index in [-0.39, 0.29) is 6.42 Å². The highest BCUT2D eigenvalue weighted by Gasteiger charge is 2.29. The zero-order valence-corrected chi connectivity index (χ0v) is 10.2. The minimum atomic E-state index is -4.18. The molecule has 0 aliphatic heterocycles. The first-order chi connectivity index (χ1) is 7.96. The third-order valence-electron chi connectivity index (χ3n) is 3.05. The molecule has 0 saturated carbocycles. The molecule has 1 nitrogen and oxygen atoms in total. The second-order valence-electron chi connectivity index (χ2n) is 4.47. The van der Waals surface area contributed by atoms with Crippen LogP contribution in [-0.2, 0) is 12.8 Å². The quantitative estimate of drug-likeness (QED) is 0.874. The van der Waals surface area contributed by atoms with Crippen LogP contribution in [0.15, 0.2) is 6.07 Å². The van der Waals surface area contributed by atoms with E-state index in [4.69, 9.17) is 0 Å². The minimum Gasteiger partial charge on any atom is -0.388 e. The Morgan fingerprint density at radius 3 is 2.65 bits per heavy atom. The number of rotatable bonds is 3. The van der Waals surface area contributed by atoms with Gasteiger partial charge in [0.2, 0.25) is 0 Å². The smallest absolute Gasteiger partial charge is 0.388 e. The standard InChI is InChI=1S/C12H15F3OS/c13-12(14,15)6-5-9(16)11-7-8-3-1-2-4-10(8)17-11/h7,9,16H,1-6H2. The molecule has 1 atom stereocenters. The van der Waals surface area contributed by atoms with Crippen LogP contribution < -0.4 is 0 Å². The van der Waals surface area contributed by atoms with Gasteiger partial charge in [0.25, 0.3) is 0 Å². The summed E-state index contributed by atoms with van der Waals surface area (Å²) >= 11 is 1.48. The van der Waals surface area contributed by atoms with Gasteiger partial charge < -0.3 is 5.11 Å². The van der Waals surface area contributed by atoms with Gasteiger partial charge in [-0.2, -0.15) is 13.2 Å². The van der Waals surface area contributed by atoms with Crippen molar-refractivity contribution in [2.45, 2.75) is 50.8 Å². The van der Waals surface area contributed by atoms with E-state index < -0.39 is 18.7 Å². The van der Waals surface area contributed by atoms with Gasteiger partial charge in [0.05, 0.1) is 6.10 Å². The molecule has 0 fully saturated rings. The molecular weight excluding hydrogens is 249 g/mol. The van der Waals surface area contributed by atoms with Crippen molar-refractivity contribution in [3.63, 3.8) is 0 Å². The molecule has 0 saturated heterocycles. The number of aryl methyl sites for hydroxylation is 2. The molecule has 1 aliphatic carbocycles. The first-order valence-corrected chi connectivity index (χ1v) is 6.63. The van der Waals surface area contributed by atoms with Gasteiger partial charge in [-0.05, 0) is 43.7 Å². The molecule has 1 aromatic heterocycles. The Hall–Kier alpha value is -0.550. The summed E-state index contributed by atoms with van der Waals surface area (Å²) in [6.07, 6.45) is -2.01. The molecule has 17 heavy (non-hydrogen) atoms. The van der Waals surface area contributed by atoms with Gasteiger partial charge in [-0.25, -0.2) is 0 Å². The summed E-state index contributed by atoms with van der Waals surface area (Å²) in [5.41, 5.74) is 1.22. The normalized spacial score (nSPS) is 17.9. The second-order valence-corrected chi connectivity index (χ2v) is 5.64. The Morgan fingerprint density at radius 2 is 2.00 bits per heavy atom. The number of hydrogen-bond acceptors (Lipinski definition) is 2. The van der Waals surface area contributed by atoms with Gasteiger partial charge in [-0.3, -0.25) is 0 Å². The van der Waals surface area contributed by atoms with Crippen LogP contribution in [0.2, 0.25) is 0 Å². The van der Waals surface area contributed by atoms with Crippen LogP contribution in [0, 0.1) is 0 Å². The monoisotopic (exact) mass is 264 g/mol. The lowest BCUT2D eigenvalue weighted by Gasteiger charge is -2.10. The minimum absolute atomic E-state index is 0.233. The molecular formula is C12H15F3OS. The number of aliphatic hydroxyl groups excluding tert-OH is 1. The lowest BCUT2D eigenvalue weighted by molar-refractivity contribution is -0.140. The lowest BCUT2D eigenvalue weighted by atomic mass is 9.98. The van der Waals surface area contributed by atoms with Crippen molar-refractivity contribution >= 4 is 11.3 Å². The van der Waals surface area contributed by atoms with Crippen molar-refractivity contribution in [1.82, 2.24) is 0 Å². The van der Waals surface area contributed by atoms with Gasteiger partial charge in [0.15, 0.2) is 0 Å². The highest BCUT2D eigenvalue weighted by molar-refractivity contribution is 7.12. The molecule has 96 valence electrons. The van der Waals surface area contributed by atoms with Gasteiger partial charge in [0, 0.05) is 16.2 Å². The number of thiophene rings is 1. The van der Waals surface area contributed by atoms with Crippen molar-refractivity contribution in [3.05, 3.63) is 21.4 Å². The summed E-state index contributed by atoms with van der Waals surface area (Å²) in [6, 6.07) is 1.89. The van der Waals surface area contributed by atoms with Crippen LogP contribution in [0.1, 0.15) is 47.1 Å². The van der Waals surface area contributed by atoms with E-state index >= 15 is 0 Å². The molecule has 0 aromatic carbocycles. The maximum atomic E-state index is 12.1. The third-order valence-corrected chi connectivity index (χ3v) is 4.38. The highest BCUT2D eigenvalue weighted by atomic mass is 32.1. The zero-order valence-electron chi connectivity index (χ0n) is 9.39. The van der Waals surface area contributed by atoms with E-state index in [0.29, 0.717) is 4.88 Å². The Kier molecular flexibility index (Phi) is 3.78. The van der Waals surface area contributed by atoms with Gasteiger partial charge in [0.1, 0.15) is 0 Å². The fourth-order valence-corrected chi connectivity index (χ4v) is 3.40. The first-order valence-electron chi connectivity index (χ1n) is 5.82. The molecule has 1 aliphatic rings. The second kappa shape index (κ2) is 4.98. The summed E-state index contributed by atoms with van der Waals surface area (Å²) in [7, 11) is 0. The van der Waals surface area contributed by atoms with Crippen molar-refractivity contribution in [3.8, 4) is 0 Å². The number of halogens is 3. The van der Waals surface area contributed by atoms with Gasteiger partial charge in [-0.15, -0.1) is 11.3 Å². The molecule has 0 spiro atoms. The van der Waals surface area contributed by atoms with Crippen molar-refractivity contribution < 1.29 is 18.3 Å². The molecule has 1 N–H and O–H groups in total. The maximum Gasteiger partial charge on any atom is 0.389 e. The van der Waals surface area contributed by atoms with Crippen LogP contribution in [0.5, 0.6) is 0 Å². The van der Waals surface area contributed by atoms with E-state index in [1.54, 1.807) is 0 Å². The molecule has 0 radical (unpaired) electrons. The lowest BCUT2D eigenvalue weighted by Crippen LogP contribution is -2.09. The Balaban J connectivity index is 1.99. The number of aliphatic hydroxyl groups is 1. The van der Waals surface area contributed by atoms with Crippen LogP contribution in [0.25, 0.3) is 0 Å². The first kappa shape index (κ1) is 12.9. The van der Waals surface area contributed by atoms with E-state index in [1.165, 1.54) is 21.8 Å². The molecule has 2 rings (SSSR count). The highest BCUT2D eigenvalue weighted by Crippen LogP contribution is 2.35.